The zero-order valence-corrected chi connectivity index (χ0v) is 12.9. The molecule has 0 spiro atoms. The molecule has 1 saturated heterocycles. The van der Waals surface area contributed by atoms with Gasteiger partial charge in [-0.3, -0.25) is 9.69 Å². The van der Waals surface area contributed by atoms with Crippen molar-refractivity contribution in [3.8, 4) is 0 Å². The second-order valence-corrected chi connectivity index (χ2v) is 5.55. The molecule has 0 unspecified atom stereocenters. The van der Waals surface area contributed by atoms with Crippen LogP contribution in [0.4, 0.5) is 0 Å². The van der Waals surface area contributed by atoms with Gasteiger partial charge >= 0.3 is 0 Å². The number of hydrogen-bond donors (Lipinski definition) is 0. The van der Waals surface area contributed by atoms with Crippen LogP contribution in [0, 0.1) is 5.92 Å². The van der Waals surface area contributed by atoms with Gasteiger partial charge in [0.1, 0.15) is 0 Å². The molecule has 0 radical (unpaired) electrons. The molecule has 1 fully saturated rings. The van der Waals surface area contributed by atoms with Crippen LogP contribution in [0.5, 0.6) is 0 Å². The lowest BCUT2D eigenvalue weighted by Gasteiger charge is -2.24. The van der Waals surface area contributed by atoms with E-state index < -0.39 is 0 Å². The molecule has 1 aliphatic heterocycles. The number of nitrogens with zero attached hydrogens (tertiary/aromatic N) is 3. The maximum absolute atomic E-state index is 12.1. The van der Waals surface area contributed by atoms with E-state index in [9.17, 15) is 4.79 Å². The first kappa shape index (κ1) is 16.4. The largest absolute Gasteiger partial charge is 0.383 e. The summed E-state index contributed by atoms with van der Waals surface area (Å²) in [6, 6.07) is 0. The van der Waals surface area contributed by atoms with Crippen molar-refractivity contribution >= 4 is 5.91 Å². The maximum atomic E-state index is 12.1. The Kier molecular flexibility index (Phi) is 7.34. The van der Waals surface area contributed by atoms with Gasteiger partial charge in [0, 0.05) is 33.8 Å². The smallest absolute Gasteiger partial charge is 0.236 e. The topological polar surface area (TPSA) is 36.0 Å². The average molecular weight is 271 g/mol. The van der Waals surface area contributed by atoms with Gasteiger partial charge in [0.2, 0.25) is 5.91 Å². The van der Waals surface area contributed by atoms with Crippen LogP contribution in [-0.4, -0.2) is 87.7 Å². The molecule has 0 aromatic carbocycles. The fraction of sp³-hybridized carbons (Fsp3) is 0.929. The third-order valence-corrected chi connectivity index (χ3v) is 3.86. The van der Waals surface area contributed by atoms with Gasteiger partial charge in [-0.2, -0.15) is 0 Å². The van der Waals surface area contributed by atoms with Crippen molar-refractivity contribution in [1.82, 2.24) is 14.7 Å². The molecular formula is C14H29N3O2. The number of likely N-dealkylation sites (tertiary alicyclic amines) is 1. The lowest BCUT2D eigenvalue weighted by molar-refractivity contribution is -0.131. The van der Waals surface area contributed by atoms with Gasteiger partial charge in [-0.25, -0.2) is 0 Å². The number of carbonyl (C=O) groups excluding carboxylic acids is 1. The Bertz CT molecular complexity index is 273. The van der Waals surface area contributed by atoms with E-state index in [1.165, 1.54) is 13.0 Å². The van der Waals surface area contributed by atoms with Crippen molar-refractivity contribution in [2.45, 2.75) is 13.3 Å². The molecule has 0 aromatic rings. The molecule has 0 aliphatic carbocycles. The molecule has 0 bridgehead atoms. The Morgan fingerprint density at radius 2 is 2.16 bits per heavy atom. The van der Waals surface area contributed by atoms with Gasteiger partial charge in [-0.15, -0.1) is 0 Å². The molecule has 0 saturated carbocycles. The van der Waals surface area contributed by atoms with Crippen LogP contribution in [0.15, 0.2) is 0 Å². The zero-order chi connectivity index (χ0) is 14.3. The van der Waals surface area contributed by atoms with E-state index in [4.69, 9.17) is 4.74 Å². The number of likely N-dealkylation sites (N-methyl/N-ethyl adjacent to an activating group) is 2. The Balaban J connectivity index is 2.25. The normalized spacial score (nSPS) is 20.2. The SMILES string of the molecule is CCN1CC[C@H](CN(C)C(=O)CN(C)CCOC)C1. The fourth-order valence-corrected chi connectivity index (χ4v) is 2.52. The molecule has 1 heterocycles. The summed E-state index contributed by atoms with van der Waals surface area (Å²) in [6.07, 6.45) is 1.21. The van der Waals surface area contributed by atoms with E-state index in [1.54, 1.807) is 7.11 Å². The summed E-state index contributed by atoms with van der Waals surface area (Å²) in [5, 5.41) is 0. The Morgan fingerprint density at radius 1 is 1.42 bits per heavy atom. The first-order valence-corrected chi connectivity index (χ1v) is 7.20. The molecule has 5 nitrogen and oxygen atoms in total. The average Bonchev–Trinajstić information content (AvgIpc) is 2.83. The minimum absolute atomic E-state index is 0.202. The fourth-order valence-electron chi connectivity index (χ4n) is 2.52. The van der Waals surface area contributed by atoms with E-state index in [2.05, 4.69) is 11.8 Å². The molecule has 1 amide bonds. The van der Waals surface area contributed by atoms with Crippen molar-refractivity contribution in [2.75, 3.05) is 67.1 Å². The van der Waals surface area contributed by atoms with Crippen molar-refractivity contribution in [3.05, 3.63) is 0 Å². The quantitative estimate of drug-likeness (QED) is 0.639. The first-order valence-electron chi connectivity index (χ1n) is 7.20. The van der Waals surface area contributed by atoms with Crippen molar-refractivity contribution in [1.29, 1.82) is 0 Å². The zero-order valence-electron chi connectivity index (χ0n) is 12.9. The first-order chi connectivity index (χ1) is 9.06. The molecule has 112 valence electrons. The molecule has 1 aliphatic rings. The highest BCUT2D eigenvalue weighted by Crippen LogP contribution is 2.16. The second-order valence-electron chi connectivity index (χ2n) is 5.55. The van der Waals surface area contributed by atoms with Crippen LogP contribution < -0.4 is 0 Å². The van der Waals surface area contributed by atoms with E-state index in [1.807, 2.05) is 23.9 Å². The summed E-state index contributed by atoms with van der Waals surface area (Å²) in [4.78, 5) is 18.4. The van der Waals surface area contributed by atoms with Gasteiger partial charge < -0.3 is 14.5 Å². The molecule has 5 heteroatoms. The van der Waals surface area contributed by atoms with E-state index in [0.29, 0.717) is 19.1 Å². The highest BCUT2D eigenvalue weighted by Gasteiger charge is 2.24. The van der Waals surface area contributed by atoms with Gasteiger partial charge in [0.15, 0.2) is 0 Å². The number of hydrogen-bond acceptors (Lipinski definition) is 4. The monoisotopic (exact) mass is 271 g/mol. The van der Waals surface area contributed by atoms with Crippen LogP contribution in [0.25, 0.3) is 0 Å². The Labute approximate surface area is 117 Å². The second kappa shape index (κ2) is 8.51. The summed E-state index contributed by atoms with van der Waals surface area (Å²) < 4.78 is 5.01. The van der Waals surface area contributed by atoms with Crippen LogP contribution in [0.1, 0.15) is 13.3 Å². The van der Waals surface area contributed by atoms with Gasteiger partial charge in [0.05, 0.1) is 13.2 Å². The van der Waals surface area contributed by atoms with Crippen LogP contribution >= 0.6 is 0 Å². The maximum Gasteiger partial charge on any atom is 0.236 e. The van der Waals surface area contributed by atoms with Gasteiger partial charge in [-0.1, -0.05) is 6.92 Å². The van der Waals surface area contributed by atoms with Gasteiger partial charge in [-0.05, 0) is 32.5 Å². The summed E-state index contributed by atoms with van der Waals surface area (Å²) in [7, 11) is 5.56. The summed E-state index contributed by atoms with van der Waals surface area (Å²) in [5.41, 5.74) is 0. The predicted octanol–water partition coefficient (Wildman–Crippen LogP) is 0.365. The third-order valence-electron chi connectivity index (χ3n) is 3.86. The minimum Gasteiger partial charge on any atom is -0.383 e. The summed E-state index contributed by atoms with van der Waals surface area (Å²) in [6.45, 7) is 8.45. The lowest BCUT2D eigenvalue weighted by atomic mass is 10.1. The third kappa shape index (κ3) is 5.89. The van der Waals surface area contributed by atoms with Gasteiger partial charge in [0.25, 0.3) is 0 Å². The Morgan fingerprint density at radius 3 is 2.74 bits per heavy atom. The van der Waals surface area contributed by atoms with E-state index in [-0.39, 0.29) is 5.91 Å². The van der Waals surface area contributed by atoms with Crippen LogP contribution in [0.3, 0.4) is 0 Å². The van der Waals surface area contributed by atoms with Crippen LogP contribution in [-0.2, 0) is 9.53 Å². The van der Waals surface area contributed by atoms with Crippen molar-refractivity contribution in [3.63, 3.8) is 0 Å². The van der Waals surface area contributed by atoms with Crippen LogP contribution in [0.2, 0.25) is 0 Å². The number of amides is 1. The Hall–Kier alpha value is -0.650. The summed E-state index contributed by atoms with van der Waals surface area (Å²) in [5.74, 6) is 0.840. The molecule has 0 aromatic heterocycles. The lowest BCUT2D eigenvalue weighted by Crippen LogP contribution is -2.40. The minimum atomic E-state index is 0.202. The predicted molar refractivity (Wildman–Crippen MR) is 77.2 cm³/mol. The number of methoxy groups -OCH3 is 1. The molecule has 1 rings (SSSR count). The van der Waals surface area contributed by atoms with E-state index in [0.717, 1.165) is 26.2 Å². The van der Waals surface area contributed by atoms with Crippen molar-refractivity contribution < 1.29 is 9.53 Å². The molecular weight excluding hydrogens is 242 g/mol. The number of rotatable bonds is 8. The highest BCUT2D eigenvalue weighted by atomic mass is 16.5. The highest BCUT2D eigenvalue weighted by molar-refractivity contribution is 5.77. The van der Waals surface area contributed by atoms with Crippen molar-refractivity contribution in [2.24, 2.45) is 5.92 Å². The number of carbonyl (C=O) groups is 1. The summed E-state index contributed by atoms with van der Waals surface area (Å²) >= 11 is 0. The standard InChI is InChI=1S/C14H29N3O2/c1-5-17-7-6-13(11-17)10-16(3)14(18)12-15(2)8-9-19-4/h13H,5-12H2,1-4H3/t13-/m1/s1. The molecule has 0 N–H and O–H groups in total. The number of ether oxygens (including phenoxy) is 1. The molecule has 19 heavy (non-hydrogen) atoms. The molecule has 1 atom stereocenters. The van der Waals surface area contributed by atoms with E-state index >= 15 is 0 Å².